The largest absolute Gasteiger partial charge is 0.287 e. The van der Waals surface area contributed by atoms with Crippen molar-refractivity contribution >= 4 is 33.1 Å². The zero-order valence-electron chi connectivity index (χ0n) is 15.9. The van der Waals surface area contributed by atoms with Crippen molar-refractivity contribution in [2.75, 3.05) is 0 Å². The minimum absolute atomic E-state index is 0.0340. The molecule has 0 aliphatic heterocycles. The molecule has 3 aromatic heterocycles. The minimum Gasteiger partial charge on any atom is -0.287 e. The highest BCUT2D eigenvalue weighted by molar-refractivity contribution is 6.27. The fraction of sp³-hybridized carbons (Fsp3) is 0. The molecule has 146 valence electrons. The smallest absolute Gasteiger partial charge is 0.278 e. The molecular weight excluding hydrogens is 392 g/mol. The van der Waals surface area contributed by atoms with Gasteiger partial charge in [-0.05, 0) is 35.7 Å². The van der Waals surface area contributed by atoms with E-state index >= 15 is 0 Å². The lowest BCUT2D eigenvalue weighted by molar-refractivity contribution is -0.384. The van der Waals surface area contributed by atoms with Crippen LogP contribution in [0.3, 0.4) is 0 Å². The molecule has 3 heterocycles. The molecule has 31 heavy (non-hydrogen) atoms. The van der Waals surface area contributed by atoms with Crippen molar-refractivity contribution < 1.29 is 9.72 Å². The van der Waals surface area contributed by atoms with Gasteiger partial charge in [-0.15, -0.1) is 0 Å². The third kappa shape index (κ3) is 2.40. The molecule has 0 atom stereocenters. The summed E-state index contributed by atoms with van der Waals surface area (Å²) in [5.41, 5.74) is 3.21. The SMILES string of the molecule is O=C1c2cccnc2-c2nc(-c3ccccc3[N+](=O)[O-])cc3c2c1nc1ccccc13. The van der Waals surface area contributed by atoms with Crippen LogP contribution in [0.2, 0.25) is 0 Å². The third-order valence-corrected chi connectivity index (χ3v) is 5.55. The van der Waals surface area contributed by atoms with Crippen LogP contribution < -0.4 is 0 Å². The average Bonchev–Trinajstić information content (AvgIpc) is 2.82. The van der Waals surface area contributed by atoms with Crippen LogP contribution in [0.25, 0.3) is 44.3 Å². The van der Waals surface area contributed by atoms with E-state index in [0.29, 0.717) is 44.8 Å². The van der Waals surface area contributed by atoms with Crippen LogP contribution in [0.4, 0.5) is 5.69 Å². The molecule has 0 amide bonds. The van der Waals surface area contributed by atoms with E-state index in [1.54, 1.807) is 42.6 Å². The van der Waals surface area contributed by atoms with E-state index in [4.69, 9.17) is 4.98 Å². The van der Waals surface area contributed by atoms with Crippen LogP contribution in [0.1, 0.15) is 16.1 Å². The third-order valence-electron chi connectivity index (χ3n) is 5.55. The van der Waals surface area contributed by atoms with Crippen molar-refractivity contribution in [2.24, 2.45) is 0 Å². The molecule has 0 saturated heterocycles. The van der Waals surface area contributed by atoms with E-state index in [0.717, 1.165) is 10.8 Å². The van der Waals surface area contributed by atoms with Gasteiger partial charge in [-0.25, -0.2) is 9.97 Å². The molecule has 1 aliphatic carbocycles. The second kappa shape index (κ2) is 6.24. The zero-order chi connectivity index (χ0) is 21.1. The number of nitrogens with zero attached hydrogens (tertiary/aromatic N) is 4. The Kier molecular flexibility index (Phi) is 3.49. The van der Waals surface area contributed by atoms with Gasteiger partial charge in [0.05, 0.1) is 27.3 Å². The van der Waals surface area contributed by atoms with Crippen molar-refractivity contribution in [1.29, 1.82) is 0 Å². The fourth-order valence-electron chi connectivity index (χ4n) is 4.20. The number of benzene rings is 2. The number of nitro benzene ring substituents is 1. The highest BCUT2D eigenvalue weighted by Gasteiger charge is 2.30. The number of hydrogen-bond acceptors (Lipinski definition) is 6. The number of pyridine rings is 3. The Morgan fingerprint density at radius 1 is 0.774 bits per heavy atom. The first-order chi connectivity index (χ1) is 15.1. The Labute approximate surface area is 175 Å². The van der Waals surface area contributed by atoms with Crippen LogP contribution in [-0.4, -0.2) is 25.7 Å². The first-order valence-corrected chi connectivity index (χ1v) is 9.61. The summed E-state index contributed by atoms with van der Waals surface area (Å²) in [7, 11) is 0. The van der Waals surface area contributed by atoms with E-state index in [2.05, 4.69) is 9.97 Å². The number of carbonyl (C=O) groups excluding carboxylic acids is 1. The number of para-hydroxylation sites is 2. The predicted octanol–water partition coefficient (Wildman–Crippen LogP) is 4.96. The van der Waals surface area contributed by atoms with Crippen molar-refractivity contribution in [3.63, 3.8) is 0 Å². The lowest BCUT2D eigenvalue weighted by Gasteiger charge is -2.19. The number of fused-ring (bicyclic) bond motifs is 4. The van der Waals surface area contributed by atoms with E-state index in [9.17, 15) is 14.9 Å². The highest BCUT2D eigenvalue weighted by Crippen LogP contribution is 2.41. The molecule has 0 radical (unpaired) electrons. The Morgan fingerprint density at radius 2 is 1.55 bits per heavy atom. The molecule has 5 aromatic rings. The summed E-state index contributed by atoms with van der Waals surface area (Å²) in [5, 5.41) is 13.9. The number of aromatic nitrogens is 3. The average molecular weight is 404 g/mol. The standard InChI is InChI=1S/C24H12N4O3/c29-24-15-8-5-11-25-21(15)22-20-16(13-6-1-3-9-17(13)26-23(20)24)12-18(27-22)14-7-2-4-10-19(14)28(30)31/h1-12H. The van der Waals surface area contributed by atoms with Gasteiger partial charge >= 0.3 is 0 Å². The number of hydrogen-bond donors (Lipinski definition) is 0. The maximum absolute atomic E-state index is 13.2. The number of ketones is 1. The van der Waals surface area contributed by atoms with E-state index < -0.39 is 4.92 Å². The van der Waals surface area contributed by atoms with Crippen LogP contribution in [0.15, 0.2) is 72.9 Å². The van der Waals surface area contributed by atoms with Crippen LogP contribution in [-0.2, 0) is 0 Å². The Morgan fingerprint density at radius 3 is 2.42 bits per heavy atom. The molecule has 1 aliphatic rings. The lowest BCUT2D eigenvalue weighted by Crippen LogP contribution is -2.14. The molecule has 6 rings (SSSR count). The zero-order valence-corrected chi connectivity index (χ0v) is 15.9. The van der Waals surface area contributed by atoms with Crippen molar-refractivity contribution in [2.45, 2.75) is 0 Å². The molecular formula is C24H12N4O3. The van der Waals surface area contributed by atoms with Gasteiger partial charge in [-0.3, -0.25) is 19.9 Å². The molecule has 0 unspecified atom stereocenters. The van der Waals surface area contributed by atoms with Gasteiger partial charge in [0.2, 0.25) is 5.78 Å². The van der Waals surface area contributed by atoms with Crippen LogP contribution >= 0.6 is 0 Å². The van der Waals surface area contributed by atoms with Gasteiger partial charge in [-0.1, -0.05) is 30.3 Å². The number of carbonyl (C=O) groups is 1. The normalized spacial score (nSPS) is 12.2. The summed E-state index contributed by atoms with van der Waals surface area (Å²) in [4.78, 5) is 38.3. The molecule has 0 fully saturated rings. The van der Waals surface area contributed by atoms with Crippen molar-refractivity contribution in [1.82, 2.24) is 15.0 Å². The molecule has 7 nitrogen and oxygen atoms in total. The Balaban J connectivity index is 1.83. The van der Waals surface area contributed by atoms with Gasteiger partial charge in [0, 0.05) is 23.0 Å². The van der Waals surface area contributed by atoms with Gasteiger partial charge in [-0.2, -0.15) is 0 Å². The monoisotopic (exact) mass is 404 g/mol. The van der Waals surface area contributed by atoms with Gasteiger partial charge in [0.25, 0.3) is 5.69 Å². The second-order valence-electron chi connectivity index (χ2n) is 7.26. The summed E-state index contributed by atoms with van der Waals surface area (Å²) in [5.74, 6) is -0.202. The molecule has 7 heteroatoms. The van der Waals surface area contributed by atoms with Gasteiger partial charge < -0.3 is 0 Å². The fourth-order valence-corrected chi connectivity index (χ4v) is 4.20. The van der Waals surface area contributed by atoms with E-state index in [-0.39, 0.29) is 11.5 Å². The van der Waals surface area contributed by atoms with Crippen molar-refractivity contribution in [3.05, 3.63) is 94.3 Å². The minimum atomic E-state index is -0.418. The molecule has 0 bridgehead atoms. The summed E-state index contributed by atoms with van der Waals surface area (Å²) < 4.78 is 0. The van der Waals surface area contributed by atoms with Gasteiger partial charge in [0.15, 0.2) is 0 Å². The first kappa shape index (κ1) is 17.3. The molecule has 0 N–H and O–H groups in total. The molecule has 2 aromatic carbocycles. The predicted molar refractivity (Wildman–Crippen MR) is 116 cm³/mol. The summed E-state index contributed by atoms with van der Waals surface area (Å²) in [6.45, 7) is 0. The molecule has 0 saturated carbocycles. The quantitative estimate of drug-likeness (QED) is 0.230. The lowest BCUT2D eigenvalue weighted by atomic mass is 9.89. The van der Waals surface area contributed by atoms with Gasteiger partial charge in [0.1, 0.15) is 17.1 Å². The summed E-state index contributed by atoms with van der Waals surface area (Å²) in [6.07, 6.45) is 1.61. The molecule has 0 spiro atoms. The highest BCUT2D eigenvalue weighted by atomic mass is 16.6. The van der Waals surface area contributed by atoms with E-state index in [1.807, 2.05) is 24.3 Å². The van der Waals surface area contributed by atoms with E-state index in [1.165, 1.54) is 6.07 Å². The van der Waals surface area contributed by atoms with Crippen molar-refractivity contribution in [3.8, 4) is 22.6 Å². The maximum atomic E-state index is 13.2. The second-order valence-corrected chi connectivity index (χ2v) is 7.26. The topological polar surface area (TPSA) is 98.9 Å². The van der Waals surface area contributed by atoms with Crippen LogP contribution in [0.5, 0.6) is 0 Å². The summed E-state index contributed by atoms with van der Waals surface area (Å²) >= 11 is 0. The van der Waals surface area contributed by atoms with Crippen LogP contribution in [0, 0.1) is 10.1 Å². The maximum Gasteiger partial charge on any atom is 0.278 e. The number of nitro groups is 1. The Hall–Kier alpha value is -4.52. The number of rotatable bonds is 2. The summed E-state index contributed by atoms with van der Waals surface area (Å²) in [6, 6.07) is 19.2. The Bertz CT molecular complexity index is 1590. The first-order valence-electron chi connectivity index (χ1n) is 9.61.